The van der Waals surface area contributed by atoms with Gasteiger partial charge < -0.3 is 11.5 Å². The predicted octanol–water partition coefficient (Wildman–Crippen LogP) is 2.75. The Morgan fingerprint density at radius 3 is 2.71 bits per heavy atom. The summed E-state index contributed by atoms with van der Waals surface area (Å²) < 4.78 is 1.11. The van der Waals surface area contributed by atoms with Gasteiger partial charge in [-0.1, -0.05) is 47.1 Å². The van der Waals surface area contributed by atoms with E-state index in [1.807, 2.05) is 12.2 Å². The standard InChI is InChI=1S/C14H17BrN2/c1-9-8-10(5-6-11(9)15)14(2)7-3-4-12(16)13(14)17/h3-8,13H,16-17H2,1-2H3. The highest BCUT2D eigenvalue weighted by molar-refractivity contribution is 9.10. The van der Waals surface area contributed by atoms with Crippen LogP contribution in [-0.2, 0) is 5.41 Å². The van der Waals surface area contributed by atoms with Crippen LogP contribution in [0.4, 0.5) is 0 Å². The molecular weight excluding hydrogens is 276 g/mol. The van der Waals surface area contributed by atoms with Gasteiger partial charge >= 0.3 is 0 Å². The van der Waals surface area contributed by atoms with Crippen LogP contribution in [0.15, 0.2) is 46.6 Å². The molecule has 0 saturated carbocycles. The van der Waals surface area contributed by atoms with E-state index in [1.165, 1.54) is 11.1 Å². The van der Waals surface area contributed by atoms with Crippen LogP contribution >= 0.6 is 15.9 Å². The normalized spacial score (nSPS) is 28.0. The van der Waals surface area contributed by atoms with Crippen molar-refractivity contribution in [2.75, 3.05) is 0 Å². The van der Waals surface area contributed by atoms with Gasteiger partial charge in [0, 0.05) is 15.6 Å². The second kappa shape index (κ2) is 4.31. The van der Waals surface area contributed by atoms with Gasteiger partial charge in [0.25, 0.3) is 0 Å². The molecule has 0 heterocycles. The zero-order valence-corrected chi connectivity index (χ0v) is 11.7. The molecule has 0 amide bonds. The van der Waals surface area contributed by atoms with Gasteiger partial charge in [0.15, 0.2) is 0 Å². The lowest BCUT2D eigenvalue weighted by Gasteiger charge is -2.36. The van der Waals surface area contributed by atoms with Crippen LogP contribution in [0.1, 0.15) is 18.1 Å². The summed E-state index contributed by atoms with van der Waals surface area (Å²) in [6, 6.07) is 6.14. The number of hydrogen-bond donors (Lipinski definition) is 2. The molecule has 0 aliphatic heterocycles. The Balaban J connectivity index is 2.49. The van der Waals surface area contributed by atoms with E-state index in [0.717, 1.165) is 10.2 Å². The van der Waals surface area contributed by atoms with Crippen molar-refractivity contribution in [1.29, 1.82) is 0 Å². The summed E-state index contributed by atoms with van der Waals surface area (Å²) in [5.74, 6) is 0. The molecule has 1 aliphatic carbocycles. The molecular formula is C14H17BrN2. The molecule has 0 radical (unpaired) electrons. The fourth-order valence-corrected chi connectivity index (χ4v) is 2.41. The number of rotatable bonds is 1. The molecule has 3 heteroatoms. The first-order chi connectivity index (χ1) is 7.95. The van der Waals surface area contributed by atoms with E-state index in [2.05, 4.69) is 54.1 Å². The average Bonchev–Trinajstić information content (AvgIpc) is 2.29. The quantitative estimate of drug-likeness (QED) is 0.836. The third-order valence-corrected chi connectivity index (χ3v) is 4.41. The Hall–Kier alpha value is -1.06. The lowest BCUT2D eigenvalue weighted by atomic mass is 9.72. The van der Waals surface area contributed by atoms with Crippen molar-refractivity contribution >= 4 is 15.9 Å². The number of allylic oxidation sites excluding steroid dienone is 2. The Morgan fingerprint density at radius 1 is 1.35 bits per heavy atom. The van der Waals surface area contributed by atoms with Gasteiger partial charge in [0.2, 0.25) is 0 Å². The minimum absolute atomic E-state index is 0.173. The largest absolute Gasteiger partial charge is 0.401 e. The molecule has 17 heavy (non-hydrogen) atoms. The van der Waals surface area contributed by atoms with Gasteiger partial charge in [-0.3, -0.25) is 0 Å². The van der Waals surface area contributed by atoms with Crippen LogP contribution in [-0.4, -0.2) is 6.04 Å². The molecule has 1 aromatic carbocycles. The molecule has 2 rings (SSSR count). The van der Waals surface area contributed by atoms with E-state index in [4.69, 9.17) is 11.5 Å². The second-order valence-corrected chi connectivity index (χ2v) is 5.60. The van der Waals surface area contributed by atoms with Crippen LogP contribution in [0, 0.1) is 6.92 Å². The van der Waals surface area contributed by atoms with Crippen molar-refractivity contribution in [3.05, 3.63) is 57.7 Å². The van der Waals surface area contributed by atoms with E-state index in [9.17, 15) is 0 Å². The van der Waals surface area contributed by atoms with Crippen molar-refractivity contribution in [2.24, 2.45) is 11.5 Å². The Bertz CT molecular complexity index is 505. The fourth-order valence-electron chi connectivity index (χ4n) is 2.17. The van der Waals surface area contributed by atoms with Gasteiger partial charge in [-0.2, -0.15) is 0 Å². The van der Waals surface area contributed by atoms with Gasteiger partial charge in [0.05, 0.1) is 6.04 Å². The lowest BCUT2D eigenvalue weighted by molar-refractivity contribution is 0.496. The topological polar surface area (TPSA) is 52.0 Å². The number of nitrogens with two attached hydrogens (primary N) is 2. The maximum atomic E-state index is 6.22. The van der Waals surface area contributed by atoms with E-state index in [0.29, 0.717) is 0 Å². The highest BCUT2D eigenvalue weighted by Gasteiger charge is 2.34. The molecule has 90 valence electrons. The summed E-state index contributed by atoms with van der Waals surface area (Å²) in [5.41, 5.74) is 15.1. The van der Waals surface area contributed by atoms with Crippen LogP contribution in [0.2, 0.25) is 0 Å². The molecule has 0 bridgehead atoms. The highest BCUT2D eigenvalue weighted by atomic mass is 79.9. The molecule has 1 aromatic rings. The van der Waals surface area contributed by atoms with Gasteiger partial charge in [-0.15, -0.1) is 0 Å². The Kier molecular flexibility index (Phi) is 3.15. The molecule has 2 nitrogen and oxygen atoms in total. The first-order valence-electron chi connectivity index (χ1n) is 5.62. The van der Waals surface area contributed by atoms with Crippen LogP contribution in [0.5, 0.6) is 0 Å². The molecule has 2 atom stereocenters. The summed E-state index contributed by atoms with van der Waals surface area (Å²) in [5, 5.41) is 0. The summed E-state index contributed by atoms with van der Waals surface area (Å²) in [6.07, 6.45) is 5.98. The van der Waals surface area contributed by atoms with Gasteiger partial charge in [0.1, 0.15) is 0 Å². The Labute approximate surface area is 111 Å². The van der Waals surface area contributed by atoms with Crippen molar-refractivity contribution in [3.63, 3.8) is 0 Å². The third kappa shape index (κ3) is 2.05. The number of aryl methyl sites for hydroxylation is 1. The van der Waals surface area contributed by atoms with E-state index in [-0.39, 0.29) is 11.5 Å². The van der Waals surface area contributed by atoms with Crippen LogP contribution < -0.4 is 11.5 Å². The van der Waals surface area contributed by atoms with Crippen molar-refractivity contribution in [3.8, 4) is 0 Å². The molecule has 0 spiro atoms. The first kappa shape index (κ1) is 12.4. The monoisotopic (exact) mass is 292 g/mol. The number of halogens is 1. The zero-order chi connectivity index (χ0) is 12.6. The SMILES string of the molecule is Cc1cc(C2(C)C=CC=C(N)C2N)ccc1Br. The van der Waals surface area contributed by atoms with Gasteiger partial charge in [-0.05, 0) is 30.2 Å². The van der Waals surface area contributed by atoms with Crippen LogP contribution in [0.3, 0.4) is 0 Å². The van der Waals surface area contributed by atoms with Crippen LogP contribution in [0.25, 0.3) is 0 Å². The zero-order valence-electron chi connectivity index (χ0n) is 10.1. The highest BCUT2D eigenvalue weighted by Crippen LogP contribution is 2.34. The smallest absolute Gasteiger partial charge is 0.0573 e. The summed E-state index contributed by atoms with van der Waals surface area (Å²) in [6.45, 7) is 4.20. The van der Waals surface area contributed by atoms with E-state index < -0.39 is 0 Å². The predicted molar refractivity (Wildman–Crippen MR) is 75.6 cm³/mol. The molecule has 0 fully saturated rings. The Morgan fingerprint density at radius 2 is 2.06 bits per heavy atom. The molecule has 0 saturated heterocycles. The van der Waals surface area contributed by atoms with E-state index >= 15 is 0 Å². The van der Waals surface area contributed by atoms with Crippen molar-refractivity contribution in [1.82, 2.24) is 0 Å². The second-order valence-electron chi connectivity index (χ2n) is 4.75. The third-order valence-electron chi connectivity index (χ3n) is 3.52. The fraction of sp³-hybridized carbons (Fsp3) is 0.286. The minimum Gasteiger partial charge on any atom is -0.401 e. The summed E-state index contributed by atoms with van der Waals surface area (Å²) >= 11 is 3.51. The van der Waals surface area contributed by atoms with E-state index in [1.54, 1.807) is 0 Å². The summed E-state index contributed by atoms with van der Waals surface area (Å²) in [4.78, 5) is 0. The maximum absolute atomic E-state index is 6.22. The van der Waals surface area contributed by atoms with Crippen molar-refractivity contribution in [2.45, 2.75) is 25.3 Å². The summed E-state index contributed by atoms with van der Waals surface area (Å²) in [7, 11) is 0. The minimum atomic E-state index is -0.232. The molecule has 0 aromatic heterocycles. The van der Waals surface area contributed by atoms with Gasteiger partial charge in [-0.25, -0.2) is 0 Å². The number of hydrogen-bond acceptors (Lipinski definition) is 2. The first-order valence-corrected chi connectivity index (χ1v) is 6.41. The molecule has 2 unspecified atom stereocenters. The lowest BCUT2D eigenvalue weighted by Crippen LogP contribution is -2.46. The molecule has 4 N–H and O–H groups in total. The maximum Gasteiger partial charge on any atom is 0.0573 e. The number of benzene rings is 1. The van der Waals surface area contributed by atoms with Crippen molar-refractivity contribution < 1.29 is 0 Å². The average molecular weight is 293 g/mol. The molecule has 1 aliphatic rings.